The van der Waals surface area contributed by atoms with Gasteiger partial charge in [0.25, 0.3) is 5.91 Å². The van der Waals surface area contributed by atoms with Crippen LogP contribution in [0.5, 0.6) is 11.5 Å². The van der Waals surface area contributed by atoms with Crippen LogP contribution in [-0.2, 0) is 11.1 Å². The third-order valence-electron chi connectivity index (χ3n) is 7.07. The number of amides is 1. The van der Waals surface area contributed by atoms with Crippen LogP contribution in [0.4, 0.5) is 30.7 Å². The van der Waals surface area contributed by atoms with Gasteiger partial charge in [-0.05, 0) is 48.5 Å². The summed E-state index contributed by atoms with van der Waals surface area (Å²) in [6, 6.07) is 10.00. The van der Waals surface area contributed by atoms with Crippen molar-refractivity contribution in [3.63, 3.8) is 0 Å². The lowest BCUT2D eigenvalue weighted by molar-refractivity contribution is -0.265. The maximum atomic E-state index is 14.5. The van der Waals surface area contributed by atoms with Gasteiger partial charge in [-0.25, -0.2) is 9.37 Å². The van der Waals surface area contributed by atoms with Crippen LogP contribution in [0.15, 0.2) is 60.8 Å². The minimum absolute atomic E-state index is 0.114. The number of fused-ring (bicyclic) bond motifs is 2. The number of nitrogens with two attached hydrogens (primary N) is 1. The number of hydrogen-bond acceptors (Lipinski definition) is 7. The quantitative estimate of drug-likeness (QED) is 0.270. The lowest BCUT2D eigenvalue weighted by Crippen LogP contribution is -2.53. The van der Waals surface area contributed by atoms with Crippen molar-refractivity contribution in [1.82, 2.24) is 15.3 Å². The van der Waals surface area contributed by atoms with Gasteiger partial charge in [0.05, 0.1) is 19.3 Å². The number of carbonyl (C=O) groups is 1. The van der Waals surface area contributed by atoms with Crippen LogP contribution in [0.2, 0.25) is 0 Å². The van der Waals surface area contributed by atoms with Gasteiger partial charge in [-0.15, -0.1) is 0 Å². The number of methoxy groups -OCH3 is 1. The number of ether oxygens (including phenoxy) is 2. The Kier molecular flexibility index (Phi) is 7.21. The zero-order valence-corrected chi connectivity index (χ0v) is 22.0. The summed E-state index contributed by atoms with van der Waals surface area (Å²) in [7, 11) is 1.30. The highest BCUT2D eigenvalue weighted by molar-refractivity contribution is 5.99. The predicted octanol–water partition coefficient (Wildman–Crippen LogP) is 4.73. The summed E-state index contributed by atoms with van der Waals surface area (Å²) in [5, 5.41) is 13.5. The molecule has 226 valence electrons. The molecule has 0 saturated heterocycles. The van der Waals surface area contributed by atoms with Crippen molar-refractivity contribution < 1.29 is 50.1 Å². The molecule has 0 radical (unpaired) electrons. The largest absolute Gasteiger partial charge is 0.494 e. The summed E-state index contributed by atoms with van der Waals surface area (Å²) >= 11 is 0. The van der Waals surface area contributed by atoms with E-state index in [4.69, 9.17) is 15.2 Å². The highest BCUT2D eigenvalue weighted by atomic mass is 19.4. The summed E-state index contributed by atoms with van der Waals surface area (Å²) in [6.45, 7) is -2.74. The molecule has 3 heterocycles. The topological polar surface area (TPSA) is 120 Å². The molecule has 43 heavy (non-hydrogen) atoms. The van der Waals surface area contributed by atoms with Gasteiger partial charge in [0.2, 0.25) is 5.60 Å². The van der Waals surface area contributed by atoms with E-state index < -0.39 is 71.1 Å². The maximum Gasteiger partial charge on any atom is 0.424 e. The molecule has 0 unspecified atom stereocenters. The van der Waals surface area contributed by atoms with E-state index in [0.717, 1.165) is 24.3 Å². The third-order valence-corrected chi connectivity index (χ3v) is 7.07. The molecule has 1 aliphatic heterocycles. The Morgan fingerprint density at radius 3 is 2.44 bits per heavy atom. The predicted molar refractivity (Wildman–Crippen MR) is 138 cm³/mol. The van der Waals surface area contributed by atoms with Gasteiger partial charge in [-0.3, -0.25) is 9.78 Å². The monoisotopic (exact) mass is 610 g/mol. The highest BCUT2D eigenvalue weighted by Gasteiger charge is 2.61. The number of aromatic nitrogens is 2. The van der Waals surface area contributed by atoms with Crippen molar-refractivity contribution in [3.05, 3.63) is 83.4 Å². The van der Waals surface area contributed by atoms with E-state index in [1.54, 1.807) is 12.1 Å². The van der Waals surface area contributed by atoms with Gasteiger partial charge >= 0.3 is 12.4 Å². The molecule has 0 spiro atoms. The minimum atomic E-state index is -5.57. The van der Waals surface area contributed by atoms with E-state index in [1.807, 2.05) is 5.32 Å². The second-order valence-electron chi connectivity index (χ2n) is 9.79. The molecule has 2 aromatic heterocycles. The fraction of sp³-hybridized carbons (Fsp3) is 0.250. The Morgan fingerprint density at radius 2 is 1.81 bits per heavy atom. The molecule has 15 heteroatoms. The molecule has 4 N–H and O–H groups in total. The van der Waals surface area contributed by atoms with Gasteiger partial charge in [0.1, 0.15) is 29.4 Å². The number of pyridine rings is 2. The fourth-order valence-corrected chi connectivity index (χ4v) is 4.62. The van der Waals surface area contributed by atoms with Crippen LogP contribution < -0.4 is 20.5 Å². The molecule has 2 atom stereocenters. The van der Waals surface area contributed by atoms with E-state index in [2.05, 4.69) is 9.97 Å². The number of nitrogens with zero attached hydrogens (tertiary/aromatic N) is 2. The average molecular weight is 610 g/mol. The zero-order chi connectivity index (χ0) is 31.4. The first-order valence-electron chi connectivity index (χ1n) is 12.4. The van der Waals surface area contributed by atoms with E-state index in [0.29, 0.717) is 17.0 Å². The first-order valence-corrected chi connectivity index (χ1v) is 12.4. The molecule has 5 rings (SSSR count). The van der Waals surface area contributed by atoms with Gasteiger partial charge in [0.15, 0.2) is 11.3 Å². The van der Waals surface area contributed by atoms with Crippen LogP contribution in [0, 0.1) is 5.82 Å². The molecule has 0 bridgehead atoms. The number of alkyl halides is 6. The van der Waals surface area contributed by atoms with Crippen molar-refractivity contribution in [2.45, 2.75) is 23.5 Å². The van der Waals surface area contributed by atoms with Crippen LogP contribution in [-0.4, -0.2) is 53.6 Å². The van der Waals surface area contributed by atoms with Crippen LogP contribution >= 0.6 is 0 Å². The van der Waals surface area contributed by atoms with Crippen LogP contribution in [0.3, 0.4) is 0 Å². The number of aliphatic hydroxyl groups is 1. The summed E-state index contributed by atoms with van der Waals surface area (Å²) in [5.74, 6) is -2.25. The first-order chi connectivity index (χ1) is 20.1. The Morgan fingerprint density at radius 1 is 1.12 bits per heavy atom. The Bertz CT molecular complexity index is 1710. The Labute approximate surface area is 238 Å². The minimum Gasteiger partial charge on any atom is -0.494 e. The lowest BCUT2D eigenvalue weighted by Gasteiger charge is -2.32. The molecule has 1 aliphatic rings. The fourth-order valence-electron chi connectivity index (χ4n) is 4.62. The third kappa shape index (κ3) is 5.07. The number of nitrogens with one attached hydrogen (secondary N) is 1. The van der Waals surface area contributed by atoms with Crippen molar-refractivity contribution in [2.24, 2.45) is 5.73 Å². The van der Waals surface area contributed by atoms with Crippen molar-refractivity contribution in [1.29, 1.82) is 0 Å². The molecule has 8 nitrogen and oxygen atoms in total. The summed E-state index contributed by atoms with van der Waals surface area (Å²) in [4.78, 5) is 21.0. The summed E-state index contributed by atoms with van der Waals surface area (Å²) < 4.78 is 110. The average Bonchev–Trinajstić information content (AvgIpc) is 3.32. The molecule has 1 amide bonds. The Balaban J connectivity index is 1.60. The lowest BCUT2D eigenvalue weighted by atomic mass is 9.87. The normalized spacial score (nSPS) is 18.1. The van der Waals surface area contributed by atoms with Crippen molar-refractivity contribution in [3.8, 4) is 22.8 Å². The summed E-state index contributed by atoms with van der Waals surface area (Å²) in [5.41, 5.74) is -4.32. The molecule has 2 aromatic carbocycles. The maximum absolute atomic E-state index is 14.5. The number of halogens is 7. The standard InChI is InChI=1S/C28H21F7N4O4/c1-42-19-10-16(9-15-3-2-8-37-21(15)19)24(40)38-12-26(41,28(33,34)35)20-11-18-23(43-13-25(18,36)27(30,31)32)22(39-20)14-4-6-17(29)7-5-14/h2-11,41H,12-13,36H2,1H3,(H,38,40)/t25-,26-/m0/s1. The number of hydrogen-bond donors (Lipinski definition) is 3. The number of rotatable bonds is 6. The van der Waals surface area contributed by atoms with E-state index >= 15 is 0 Å². The highest BCUT2D eigenvalue weighted by Crippen LogP contribution is 2.51. The number of benzene rings is 2. The second-order valence-corrected chi connectivity index (χ2v) is 9.79. The molecule has 0 saturated carbocycles. The van der Waals surface area contributed by atoms with E-state index in [1.165, 1.54) is 25.4 Å². The first kappa shape index (κ1) is 30.0. The molecule has 4 aromatic rings. The Hall–Kier alpha value is -4.50. The SMILES string of the molecule is COc1cc(C(=O)NC[C@](O)(c2cc3c(c(-c4ccc(F)cc4)n2)OC[C@@]3(N)C(F)(F)F)C(F)(F)F)cc2cccnc12. The van der Waals surface area contributed by atoms with Crippen molar-refractivity contribution in [2.75, 3.05) is 20.3 Å². The summed E-state index contributed by atoms with van der Waals surface area (Å²) in [6.07, 6.45) is -9.29. The zero-order valence-electron chi connectivity index (χ0n) is 22.0. The molecular formula is C28H21F7N4O4. The molecule has 0 fully saturated rings. The number of carbonyl (C=O) groups excluding carboxylic acids is 1. The van der Waals surface area contributed by atoms with Gasteiger partial charge in [0, 0.05) is 28.3 Å². The van der Waals surface area contributed by atoms with Gasteiger partial charge < -0.3 is 25.6 Å². The van der Waals surface area contributed by atoms with Gasteiger partial charge in [-0.2, -0.15) is 26.3 Å². The van der Waals surface area contributed by atoms with Crippen LogP contribution in [0.1, 0.15) is 21.6 Å². The molecular weight excluding hydrogens is 589 g/mol. The van der Waals surface area contributed by atoms with Crippen molar-refractivity contribution >= 4 is 16.8 Å². The smallest absolute Gasteiger partial charge is 0.424 e. The van der Waals surface area contributed by atoms with Crippen LogP contribution in [0.25, 0.3) is 22.2 Å². The van der Waals surface area contributed by atoms with Gasteiger partial charge in [-0.1, -0.05) is 6.07 Å². The van der Waals surface area contributed by atoms with E-state index in [9.17, 15) is 40.6 Å². The molecule has 0 aliphatic carbocycles. The van der Waals surface area contributed by atoms with E-state index in [-0.39, 0.29) is 16.9 Å². The second kappa shape index (κ2) is 10.3.